The van der Waals surface area contributed by atoms with E-state index in [9.17, 15) is 19.2 Å². The van der Waals surface area contributed by atoms with Gasteiger partial charge in [0.05, 0.1) is 19.8 Å². The molecule has 7 heteroatoms. The molecule has 1 aliphatic rings. The molecule has 0 fully saturated rings. The zero-order valence-corrected chi connectivity index (χ0v) is 18.5. The summed E-state index contributed by atoms with van der Waals surface area (Å²) in [7, 11) is 0. The molecule has 0 spiro atoms. The molecule has 0 saturated heterocycles. The third-order valence-electron chi connectivity index (χ3n) is 4.72. The molecule has 0 amide bonds. The third kappa shape index (κ3) is 7.94. The second kappa shape index (κ2) is 14.0. The molecule has 0 radical (unpaired) electrons. The summed E-state index contributed by atoms with van der Waals surface area (Å²) in [5.41, 5.74) is -0.415. The molecule has 0 heterocycles. The Bertz CT molecular complexity index is 796. The lowest BCUT2D eigenvalue weighted by atomic mass is 9.81. The predicted molar refractivity (Wildman–Crippen MR) is 113 cm³/mol. The van der Waals surface area contributed by atoms with Gasteiger partial charge >= 0.3 is 17.9 Å². The Morgan fingerprint density at radius 3 is 2.03 bits per heavy atom. The first-order valence-corrected chi connectivity index (χ1v) is 10.6. The minimum absolute atomic E-state index is 0.0547. The maximum atomic E-state index is 12.8. The van der Waals surface area contributed by atoms with E-state index in [0.717, 1.165) is 31.1 Å². The van der Waals surface area contributed by atoms with Crippen LogP contribution in [0.4, 0.5) is 0 Å². The molecule has 0 bridgehead atoms. The van der Waals surface area contributed by atoms with E-state index in [-0.39, 0.29) is 32.7 Å². The van der Waals surface area contributed by atoms with Crippen molar-refractivity contribution in [3.63, 3.8) is 0 Å². The number of ether oxygens (including phenoxy) is 3. The molecular weight excluding hydrogens is 400 g/mol. The van der Waals surface area contributed by atoms with Gasteiger partial charge in [0.15, 0.2) is 5.41 Å². The van der Waals surface area contributed by atoms with Gasteiger partial charge in [-0.05, 0) is 46.5 Å². The minimum atomic E-state index is -1.80. The number of carbonyl (C=O) groups excluding carboxylic acids is 4. The standard InChI is InChI=1S/C24H30O7/c1-4-29-21(26)15-11-17-24(22(27)30-5-2,23(28)31-6-3)16-10-14-19-12-8-7-9-13-20(19)18-25/h18H,4-9,12-13,16-17H2,1-3H3. The van der Waals surface area contributed by atoms with E-state index in [1.165, 1.54) is 0 Å². The van der Waals surface area contributed by atoms with Crippen LogP contribution < -0.4 is 0 Å². The van der Waals surface area contributed by atoms with Crippen LogP contribution in [0.1, 0.15) is 65.7 Å². The lowest BCUT2D eigenvalue weighted by Crippen LogP contribution is -2.41. The molecule has 0 aliphatic heterocycles. The summed E-state index contributed by atoms with van der Waals surface area (Å²) in [5, 5.41) is 0. The van der Waals surface area contributed by atoms with Gasteiger partial charge in [-0.2, -0.15) is 0 Å². The normalized spacial score (nSPS) is 13.5. The maximum absolute atomic E-state index is 12.8. The second-order valence-corrected chi connectivity index (χ2v) is 6.88. The highest BCUT2D eigenvalue weighted by atomic mass is 16.6. The highest BCUT2D eigenvalue weighted by Crippen LogP contribution is 2.31. The van der Waals surface area contributed by atoms with Gasteiger partial charge in [-0.1, -0.05) is 24.2 Å². The van der Waals surface area contributed by atoms with Crippen LogP contribution in [0.25, 0.3) is 0 Å². The number of carbonyl (C=O) groups is 4. The van der Waals surface area contributed by atoms with E-state index in [2.05, 4.69) is 23.7 Å². The molecule has 0 aromatic carbocycles. The fourth-order valence-electron chi connectivity index (χ4n) is 3.09. The fraction of sp³-hybridized carbons (Fsp3) is 0.583. The van der Waals surface area contributed by atoms with Crippen LogP contribution >= 0.6 is 0 Å². The van der Waals surface area contributed by atoms with Gasteiger partial charge in [0.1, 0.15) is 6.29 Å². The zero-order valence-electron chi connectivity index (χ0n) is 18.5. The van der Waals surface area contributed by atoms with Crippen molar-refractivity contribution in [3.8, 4) is 23.7 Å². The van der Waals surface area contributed by atoms with Crippen molar-refractivity contribution in [2.75, 3.05) is 19.8 Å². The summed E-state index contributed by atoms with van der Waals surface area (Å²) >= 11 is 0. The lowest BCUT2D eigenvalue weighted by molar-refractivity contribution is -0.171. The quantitative estimate of drug-likeness (QED) is 0.146. The Balaban J connectivity index is 3.31. The molecule has 0 N–H and O–H groups in total. The molecule has 0 aromatic heterocycles. The predicted octanol–water partition coefficient (Wildman–Crippen LogP) is 2.91. The van der Waals surface area contributed by atoms with Crippen LogP contribution in [0, 0.1) is 29.1 Å². The first kappa shape index (κ1) is 26.0. The maximum Gasteiger partial charge on any atom is 0.384 e. The van der Waals surface area contributed by atoms with Crippen LogP contribution in [0.5, 0.6) is 0 Å². The third-order valence-corrected chi connectivity index (χ3v) is 4.72. The van der Waals surface area contributed by atoms with Gasteiger partial charge in [0.25, 0.3) is 0 Å². The lowest BCUT2D eigenvalue weighted by Gasteiger charge is -2.25. The van der Waals surface area contributed by atoms with Gasteiger partial charge in [0.2, 0.25) is 0 Å². The van der Waals surface area contributed by atoms with Gasteiger partial charge in [-0.3, -0.25) is 14.4 Å². The van der Waals surface area contributed by atoms with Crippen molar-refractivity contribution in [3.05, 3.63) is 11.1 Å². The summed E-state index contributed by atoms with van der Waals surface area (Å²) in [5.74, 6) is 8.28. The number of esters is 3. The number of hydrogen-bond donors (Lipinski definition) is 0. The van der Waals surface area contributed by atoms with Crippen molar-refractivity contribution in [2.45, 2.75) is 65.7 Å². The first-order valence-electron chi connectivity index (χ1n) is 10.6. The SMILES string of the molecule is CCOC(=O)C#CCC(CC#CC1=C(C=O)CCCCC1)(C(=O)OCC)C(=O)OCC. The molecule has 1 rings (SSSR count). The van der Waals surface area contributed by atoms with Gasteiger partial charge < -0.3 is 14.2 Å². The average Bonchev–Trinajstić information content (AvgIpc) is 2.98. The van der Waals surface area contributed by atoms with Crippen LogP contribution in [0.3, 0.4) is 0 Å². The topological polar surface area (TPSA) is 96.0 Å². The van der Waals surface area contributed by atoms with Crippen LogP contribution in [-0.2, 0) is 33.4 Å². The molecule has 0 aromatic rings. The van der Waals surface area contributed by atoms with E-state index in [1.54, 1.807) is 20.8 Å². The van der Waals surface area contributed by atoms with E-state index in [1.807, 2.05) is 0 Å². The van der Waals surface area contributed by atoms with Gasteiger partial charge in [-0.25, -0.2) is 4.79 Å². The molecule has 31 heavy (non-hydrogen) atoms. The molecule has 168 valence electrons. The average molecular weight is 430 g/mol. The minimum Gasteiger partial charge on any atom is -0.465 e. The van der Waals surface area contributed by atoms with E-state index in [0.29, 0.717) is 18.4 Å². The molecular formula is C24H30O7. The summed E-state index contributed by atoms with van der Waals surface area (Å²) in [6.07, 6.45) is 4.52. The Hall–Kier alpha value is -3.06. The van der Waals surface area contributed by atoms with E-state index in [4.69, 9.17) is 14.2 Å². The number of allylic oxidation sites excluding steroid dienone is 2. The smallest absolute Gasteiger partial charge is 0.384 e. The molecule has 7 nitrogen and oxygen atoms in total. The van der Waals surface area contributed by atoms with E-state index < -0.39 is 23.3 Å². The van der Waals surface area contributed by atoms with Crippen molar-refractivity contribution < 1.29 is 33.4 Å². The number of aldehydes is 1. The Morgan fingerprint density at radius 2 is 1.45 bits per heavy atom. The van der Waals surface area contributed by atoms with Gasteiger partial charge in [-0.15, -0.1) is 0 Å². The highest BCUT2D eigenvalue weighted by Gasteiger charge is 2.48. The first-order chi connectivity index (χ1) is 14.9. The molecule has 0 atom stereocenters. The summed E-state index contributed by atoms with van der Waals surface area (Å²) in [6.45, 7) is 5.16. The van der Waals surface area contributed by atoms with Crippen molar-refractivity contribution >= 4 is 24.2 Å². The largest absolute Gasteiger partial charge is 0.465 e. The number of hydrogen-bond acceptors (Lipinski definition) is 7. The molecule has 0 saturated carbocycles. The van der Waals surface area contributed by atoms with Crippen molar-refractivity contribution in [1.29, 1.82) is 0 Å². The highest BCUT2D eigenvalue weighted by molar-refractivity contribution is 6.01. The Kier molecular flexibility index (Phi) is 11.8. The Labute approximate surface area is 183 Å². The second-order valence-electron chi connectivity index (χ2n) is 6.88. The number of rotatable bonds is 8. The summed E-state index contributed by atoms with van der Waals surface area (Å²) in [4.78, 5) is 48.5. The van der Waals surface area contributed by atoms with Crippen molar-refractivity contribution in [1.82, 2.24) is 0 Å². The monoisotopic (exact) mass is 430 g/mol. The van der Waals surface area contributed by atoms with E-state index >= 15 is 0 Å². The molecule has 0 unspecified atom stereocenters. The van der Waals surface area contributed by atoms with Gasteiger partial charge in [0, 0.05) is 29.9 Å². The summed E-state index contributed by atoms with van der Waals surface area (Å²) < 4.78 is 15.0. The van der Waals surface area contributed by atoms with Crippen LogP contribution in [0.15, 0.2) is 11.1 Å². The van der Waals surface area contributed by atoms with Crippen molar-refractivity contribution in [2.24, 2.45) is 5.41 Å². The van der Waals surface area contributed by atoms with Crippen LogP contribution in [-0.4, -0.2) is 44.0 Å². The van der Waals surface area contributed by atoms with Crippen LogP contribution in [0.2, 0.25) is 0 Å². The molecule has 1 aliphatic carbocycles. The Morgan fingerprint density at radius 1 is 0.871 bits per heavy atom. The summed E-state index contributed by atoms with van der Waals surface area (Å²) in [6, 6.07) is 0. The fourth-order valence-corrected chi connectivity index (χ4v) is 3.09. The zero-order chi connectivity index (χ0) is 23.1.